The number of para-hydroxylation sites is 1. The smallest absolute Gasteiger partial charge is 0.218 e. The summed E-state index contributed by atoms with van der Waals surface area (Å²) >= 11 is 0. The van der Waals surface area contributed by atoms with Crippen molar-refractivity contribution in [1.82, 2.24) is 4.98 Å². The first-order valence-corrected chi connectivity index (χ1v) is 6.85. The number of azo groups is 1. The first-order valence-electron chi connectivity index (χ1n) is 6.85. The van der Waals surface area contributed by atoms with Crippen LogP contribution >= 0.6 is 0 Å². The molecule has 0 atom stereocenters. The van der Waals surface area contributed by atoms with E-state index >= 15 is 0 Å². The molecule has 2 aromatic carbocycles. The van der Waals surface area contributed by atoms with Crippen LogP contribution in [0.3, 0.4) is 0 Å². The van der Waals surface area contributed by atoms with Crippen LogP contribution in [0.25, 0.3) is 10.9 Å². The van der Waals surface area contributed by atoms with E-state index < -0.39 is 0 Å². The average Bonchev–Trinajstić information content (AvgIpc) is 2.78. The Morgan fingerprint density at radius 3 is 2.48 bits per heavy atom. The second kappa shape index (κ2) is 5.05. The van der Waals surface area contributed by atoms with Crippen molar-refractivity contribution in [2.24, 2.45) is 10.2 Å². The van der Waals surface area contributed by atoms with Gasteiger partial charge in [0.1, 0.15) is 0 Å². The summed E-state index contributed by atoms with van der Waals surface area (Å²) < 4.78 is 0. The number of aromatic hydroxyl groups is 1. The van der Waals surface area contributed by atoms with E-state index in [-0.39, 0.29) is 5.88 Å². The fourth-order valence-corrected chi connectivity index (χ4v) is 2.33. The summed E-state index contributed by atoms with van der Waals surface area (Å²) in [6.45, 7) is 6.09. The molecular formula is C17H17N3O. The molecule has 1 heterocycles. The topological polar surface area (TPSA) is 60.7 Å². The van der Waals surface area contributed by atoms with Crippen LogP contribution in [0.1, 0.15) is 16.7 Å². The van der Waals surface area contributed by atoms with Crippen molar-refractivity contribution >= 4 is 22.3 Å². The predicted octanol–water partition coefficient (Wildman–Crippen LogP) is 5.21. The lowest BCUT2D eigenvalue weighted by Gasteiger charge is -1.99. The summed E-state index contributed by atoms with van der Waals surface area (Å²) in [6.07, 6.45) is 0. The second-order valence-electron chi connectivity index (χ2n) is 5.29. The van der Waals surface area contributed by atoms with Gasteiger partial charge in [0.2, 0.25) is 5.88 Å². The minimum absolute atomic E-state index is 0.0480. The summed E-state index contributed by atoms with van der Waals surface area (Å²) in [7, 11) is 0. The fraction of sp³-hybridized carbons (Fsp3) is 0.176. The number of fused-ring (bicyclic) bond motifs is 1. The first-order chi connectivity index (χ1) is 10.1. The Balaban J connectivity index is 2.05. The highest BCUT2D eigenvalue weighted by Gasteiger charge is 2.11. The normalized spacial score (nSPS) is 11.6. The molecule has 0 aliphatic rings. The zero-order valence-corrected chi connectivity index (χ0v) is 12.3. The van der Waals surface area contributed by atoms with E-state index in [9.17, 15) is 5.11 Å². The lowest BCUT2D eigenvalue weighted by Crippen LogP contribution is -1.77. The number of aryl methyl sites for hydroxylation is 3. The standard InChI is InChI=1S/C17H17N3O/c1-10-7-8-13(9-12(10)3)19-20-16-14-6-4-5-11(2)15(14)18-17(16)21/h4-9,18,21H,1-3H3. The zero-order valence-electron chi connectivity index (χ0n) is 12.3. The maximum Gasteiger partial charge on any atom is 0.218 e. The molecule has 0 spiro atoms. The van der Waals surface area contributed by atoms with E-state index in [1.807, 2.05) is 50.2 Å². The van der Waals surface area contributed by atoms with E-state index in [1.165, 1.54) is 11.1 Å². The molecule has 3 rings (SSSR count). The van der Waals surface area contributed by atoms with Gasteiger partial charge in [-0.2, -0.15) is 5.11 Å². The van der Waals surface area contributed by atoms with Crippen LogP contribution < -0.4 is 0 Å². The number of nitrogens with one attached hydrogen (secondary N) is 1. The molecule has 0 saturated carbocycles. The van der Waals surface area contributed by atoms with Gasteiger partial charge in [0.15, 0.2) is 5.69 Å². The van der Waals surface area contributed by atoms with E-state index in [1.54, 1.807) is 0 Å². The van der Waals surface area contributed by atoms with Gasteiger partial charge < -0.3 is 10.1 Å². The highest BCUT2D eigenvalue weighted by Crippen LogP contribution is 2.37. The highest BCUT2D eigenvalue weighted by molar-refractivity contribution is 5.95. The Hall–Kier alpha value is -2.62. The molecule has 3 aromatic rings. The van der Waals surface area contributed by atoms with Crippen molar-refractivity contribution < 1.29 is 5.11 Å². The van der Waals surface area contributed by atoms with Crippen molar-refractivity contribution in [2.75, 3.05) is 0 Å². The minimum Gasteiger partial charge on any atom is -0.493 e. The average molecular weight is 279 g/mol. The van der Waals surface area contributed by atoms with Crippen LogP contribution in [0.4, 0.5) is 11.4 Å². The third kappa shape index (κ3) is 2.40. The van der Waals surface area contributed by atoms with Crippen LogP contribution in [0.15, 0.2) is 46.6 Å². The molecule has 0 bridgehead atoms. The molecule has 0 amide bonds. The predicted molar refractivity (Wildman–Crippen MR) is 84.8 cm³/mol. The molecule has 2 N–H and O–H groups in total. The molecule has 4 nitrogen and oxygen atoms in total. The Kier molecular flexibility index (Phi) is 3.22. The van der Waals surface area contributed by atoms with Crippen molar-refractivity contribution in [1.29, 1.82) is 0 Å². The van der Waals surface area contributed by atoms with Crippen molar-refractivity contribution in [3.8, 4) is 5.88 Å². The number of hydrogen-bond donors (Lipinski definition) is 2. The number of nitrogens with zero attached hydrogens (tertiary/aromatic N) is 2. The molecule has 0 aliphatic carbocycles. The number of hydrogen-bond acceptors (Lipinski definition) is 3. The Morgan fingerprint density at radius 2 is 1.71 bits per heavy atom. The van der Waals surface area contributed by atoms with E-state index in [0.29, 0.717) is 5.69 Å². The number of aromatic nitrogens is 1. The molecule has 0 fully saturated rings. The highest BCUT2D eigenvalue weighted by atomic mass is 16.3. The minimum atomic E-state index is 0.0480. The van der Waals surface area contributed by atoms with E-state index in [0.717, 1.165) is 22.2 Å². The third-order valence-electron chi connectivity index (χ3n) is 3.75. The fourth-order valence-electron chi connectivity index (χ4n) is 2.33. The van der Waals surface area contributed by atoms with Crippen molar-refractivity contribution in [3.05, 3.63) is 53.1 Å². The van der Waals surface area contributed by atoms with E-state index in [2.05, 4.69) is 22.1 Å². The Labute approximate surface area is 123 Å². The molecular weight excluding hydrogens is 262 g/mol. The molecule has 106 valence electrons. The molecule has 0 unspecified atom stereocenters. The third-order valence-corrected chi connectivity index (χ3v) is 3.75. The van der Waals surface area contributed by atoms with Gasteiger partial charge >= 0.3 is 0 Å². The summed E-state index contributed by atoms with van der Waals surface area (Å²) in [5.74, 6) is 0.0480. The van der Waals surface area contributed by atoms with Crippen LogP contribution in [-0.2, 0) is 0 Å². The monoisotopic (exact) mass is 279 g/mol. The molecule has 0 saturated heterocycles. The molecule has 21 heavy (non-hydrogen) atoms. The van der Waals surface area contributed by atoms with Crippen LogP contribution in [-0.4, -0.2) is 10.1 Å². The van der Waals surface area contributed by atoms with Gasteiger partial charge in [-0.1, -0.05) is 24.3 Å². The quantitative estimate of drug-likeness (QED) is 0.621. The zero-order chi connectivity index (χ0) is 15.0. The van der Waals surface area contributed by atoms with Crippen molar-refractivity contribution in [2.45, 2.75) is 20.8 Å². The summed E-state index contributed by atoms with van der Waals surface area (Å²) in [5, 5.41) is 19.4. The van der Waals surface area contributed by atoms with E-state index in [4.69, 9.17) is 0 Å². The number of benzene rings is 2. The molecule has 4 heteroatoms. The number of H-pyrrole nitrogens is 1. The molecule has 1 aromatic heterocycles. The molecule has 0 aliphatic heterocycles. The lowest BCUT2D eigenvalue weighted by atomic mass is 10.1. The SMILES string of the molecule is Cc1ccc(N=Nc2c(O)[nH]c3c(C)cccc23)cc1C. The maximum absolute atomic E-state index is 10.0. The Bertz CT molecular complexity index is 847. The molecule has 0 radical (unpaired) electrons. The summed E-state index contributed by atoms with van der Waals surface area (Å²) in [6, 6.07) is 11.8. The second-order valence-corrected chi connectivity index (χ2v) is 5.29. The number of aromatic amines is 1. The van der Waals surface area contributed by atoms with Gasteiger partial charge in [-0.3, -0.25) is 0 Å². The first kappa shape index (κ1) is 13.4. The van der Waals surface area contributed by atoms with Gasteiger partial charge in [0, 0.05) is 5.39 Å². The van der Waals surface area contributed by atoms with Gasteiger partial charge in [-0.25, -0.2) is 0 Å². The number of rotatable bonds is 2. The maximum atomic E-state index is 10.0. The Morgan fingerprint density at radius 1 is 0.905 bits per heavy atom. The summed E-state index contributed by atoms with van der Waals surface area (Å²) in [4.78, 5) is 2.95. The van der Waals surface area contributed by atoms with Crippen LogP contribution in [0.5, 0.6) is 5.88 Å². The van der Waals surface area contributed by atoms with Gasteiger partial charge in [-0.15, -0.1) is 5.11 Å². The van der Waals surface area contributed by atoms with Gasteiger partial charge in [0.25, 0.3) is 0 Å². The van der Waals surface area contributed by atoms with Crippen molar-refractivity contribution in [3.63, 3.8) is 0 Å². The summed E-state index contributed by atoms with van der Waals surface area (Å²) in [5.41, 5.74) is 5.61. The van der Waals surface area contributed by atoms with Crippen LogP contribution in [0.2, 0.25) is 0 Å². The lowest BCUT2D eigenvalue weighted by molar-refractivity contribution is 0.459. The van der Waals surface area contributed by atoms with Gasteiger partial charge in [0.05, 0.1) is 11.2 Å². The largest absolute Gasteiger partial charge is 0.493 e. The van der Waals surface area contributed by atoms with Crippen LogP contribution in [0, 0.1) is 20.8 Å². The van der Waals surface area contributed by atoms with Gasteiger partial charge in [-0.05, 0) is 49.6 Å².